The third kappa shape index (κ3) is 5.38. The summed E-state index contributed by atoms with van der Waals surface area (Å²) in [4.78, 5) is 0. The Balaban J connectivity index is 3.44. The van der Waals surface area contributed by atoms with Gasteiger partial charge in [-0.3, -0.25) is 0 Å². The van der Waals surface area contributed by atoms with Gasteiger partial charge < -0.3 is 16.8 Å². The highest BCUT2D eigenvalue weighted by molar-refractivity contribution is 6.77. The topological polar surface area (TPSA) is 64.1 Å². The maximum Gasteiger partial charge on any atom is 0.0648 e. The molecule has 0 aromatic rings. The van der Waals surface area contributed by atoms with E-state index in [9.17, 15) is 0 Å². The van der Waals surface area contributed by atoms with Gasteiger partial charge in [0.15, 0.2) is 0 Å². The predicted octanol–water partition coefficient (Wildman–Crippen LogP) is -0.261. The maximum absolute atomic E-state index is 5.95. The summed E-state index contributed by atoms with van der Waals surface area (Å²) in [5, 5.41) is 3.23. The molecular formula is C7H21N3Si. The molecule has 0 heterocycles. The molecule has 0 aromatic heterocycles. The largest absolute Gasteiger partial charge is 0.329 e. The van der Waals surface area contributed by atoms with Crippen LogP contribution in [-0.4, -0.2) is 33.4 Å². The summed E-state index contributed by atoms with van der Waals surface area (Å²) in [7, 11) is -1.14. The molecule has 3 nitrogen and oxygen atoms in total. The van der Waals surface area contributed by atoms with Gasteiger partial charge >= 0.3 is 0 Å². The van der Waals surface area contributed by atoms with Crippen molar-refractivity contribution < 1.29 is 0 Å². The lowest BCUT2D eigenvalue weighted by atomic mass is 10.6. The molecule has 0 saturated heterocycles. The third-order valence-corrected chi connectivity index (χ3v) is 4.23. The van der Waals surface area contributed by atoms with Gasteiger partial charge in [0.2, 0.25) is 0 Å². The summed E-state index contributed by atoms with van der Waals surface area (Å²) >= 11 is 0. The van der Waals surface area contributed by atoms with Crippen molar-refractivity contribution >= 4 is 8.07 Å². The third-order valence-electron chi connectivity index (χ3n) is 1.80. The second-order valence-corrected chi connectivity index (χ2v) is 9.44. The Hall–Kier alpha value is 0.0969. The number of nitrogens with two attached hydrogens (primary N) is 2. The minimum absolute atomic E-state index is 0.342. The van der Waals surface area contributed by atoms with Crippen LogP contribution in [0.5, 0.6) is 0 Å². The summed E-state index contributed by atoms with van der Waals surface area (Å²) in [6.07, 6.45) is 0. The molecule has 1 atom stereocenters. The molecule has 0 spiro atoms. The monoisotopic (exact) mass is 175 g/mol. The van der Waals surface area contributed by atoms with E-state index >= 15 is 0 Å². The van der Waals surface area contributed by atoms with Crippen LogP contribution in [0.4, 0.5) is 0 Å². The number of hydrogen-bond acceptors (Lipinski definition) is 3. The van der Waals surface area contributed by atoms with Crippen LogP contribution in [0.3, 0.4) is 0 Å². The van der Waals surface area contributed by atoms with Gasteiger partial charge in [0.25, 0.3) is 0 Å². The van der Waals surface area contributed by atoms with Crippen molar-refractivity contribution in [2.24, 2.45) is 11.5 Å². The SMILES string of the molecule is C[Si](C)(C)C(N)CNCCN. The first-order chi connectivity index (χ1) is 4.98. The van der Waals surface area contributed by atoms with Crippen molar-refractivity contribution in [3.8, 4) is 0 Å². The van der Waals surface area contributed by atoms with Crippen LogP contribution < -0.4 is 16.8 Å². The molecule has 0 amide bonds. The van der Waals surface area contributed by atoms with Crippen LogP contribution in [-0.2, 0) is 0 Å². The summed E-state index contributed by atoms with van der Waals surface area (Å²) < 4.78 is 0. The molecule has 0 fully saturated rings. The normalized spacial score (nSPS) is 15.0. The quantitative estimate of drug-likeness (QED) is 0.398. The lowest BCUT2D eigenvalue weighted by Gasteiger charge is -2.25. The summed E-state index contributed by atoms with van der Waals surface area (Å²) in [6.45, 7) is 9.31. The molecular weight excluding hydrogens is 154 g/mol. The average Bonchev–Trinajstić information content (AvgIpc) is 1.86. The van der Waals surface area contributed by atoms with E-state index < -0.39 is 8.07 Å². The molecule has 0 aliphatic carbocycles. The van der Waals surface area contributed by atoms with Crippen molar-refractivity contribution in [1.82, 2.24) is 5.32 Å². The Bertz CT molecular complexity index is 100. The summed E-state index contributed by atoms with van der Waals surface area (Å²) in [5.41, 5.74) is 11.6. The van der Waals surface area contributed by atoms with Gasteiger partial charge in [-0.2, -0.15) is 0 Å². The fourth-order valence-electron chi connectivity index (χ4n) is 0.666. The standard InChI is InChI=1S/C7H21N3Si/c1-11(2,3)7(9)6-10-5-4-8/h7,10H,4-6,8-9H2,1-3H3. The second kappa shape index (κ2) is 4.87. The molecule has 0 aliphatic heterocycles. The Labute approximate surface area is 70.5 Å². The highest BCUT2D eigenvalue weighted by atomic mass is 28.3. The minimum Gasteiger partial charge on any atom is -0.329 e. The predicted molar refractivity (Wildman–Crippen MR) is 53.2 cm³/mol. The van der Waals surface area contributed by atoms with Crippen molar-refractivity contribution in [1.29, 1.82) is 0 Å². The molecule has 5 N–H and O–H groups in total. The highest BCUT2D eigenvalue weighted by Crippen LogP contribution is 2.03. The van der Waals surface area contributed by atoms with E-state index in [-0.39, 0.29) is 0 Å². The van der Waals surface area contributed by atoms with E-state index in [1.54, 1.807) is 0 Å². The number of rotatable bonds is 5. The zero-order valence-electron chi connectivity index (χ0n) is 7.85. The number of nitrogens with one attached hydrogen (secondary N) is 1. The highest BCUT2D eigenvalue weighted by Gasteiger charge is 2.21. The first-order valence-corrected chi connectivity index (χ1v) is 7.72. The summed E-state index contributed by atoms with van der Waals surface area (Å²) in [6, 6.07) is 0. The molecule has 0 rings (SSSR count). The van der Waals surface area contributed by atoms with Gasteiger partial charge in [-0.25, -0.2) is 0 Å². The van der Waals surface area contributed by atoms with E-state index in [0.29, 0.717) is 12.2 Å². The van der Waals surface area contributed by atoms with Crippen LogP contribution in [0, 0.1) is 0 Å². The second-order valence-electron chi connectivity index (χ2n) is 3.97. The molecule has 11 heavy (non-hydrogen) atoms. The van der Waals surface area contributed by atoms with Gasteiger partial charge in [0.1, 0.15) is 0 Å². The smallest absolute Gasteiger partial charge is 0.0648 e. The van der Waals surface area contributed by atoms with E-state index in [2.05, 4.69) is 25.0 Å². The first-order valence-electron chi connectivity index (χ1n) is 4.15. The van der Waals surface area contributed by atoms with E-state index in [1.165, 1.54) is 0 Å². The van der Waals surface area contributed by atoms with Crippen LogP contribution in [0.15, 0.2) is 0 Å². The first kappa shape index (κ1) is 11.1. The van der Waals surface area contributed by atoms with Gasteiger partial charge in [-0.15, -0.1) is 0 Å². The molecule has 4 heteroatoms. The van der Waals surface area contributed by atoms with Gasteiger partial charge in [-0.05, 0) is 0 Å². The van der Waals surface area contributed by atoms with Gasteiger partial charge in [0.05, 0.1) is 8.07 Å². The zero-order chi connectivity index (χ0) is 8.91. The van der Waals surface area contributed by atoms with E-state index in [4.69, 9.17) is 11.5 Å². The molecule has 0 radical (unpaired) electrons. The molecule has 0 aromatic carbocycles. The fraction of sp³-hybridized carbons (Fsp3) is 1.00. The molecule has 68 valence electrons. The lowest BCUT2D eigenvalue weighted by molar-refractivity contribution is 0.660. The van der Waals surface area contributed by atoms with Crippen molar-refractivity contribution in [3.63, 3.8) is 0 Å². The fourth-order valence-corrected chi connectivity index (χ4v) is 1.42. The Kier molecular flexibility index (Phi) is 4.91. The summed E-state index contributed by atoms with van der Waals surface area (Å²) in [5.74, 6) is 0. The molecule has 0 saturated carbocycles. The van der Waals surface area contributed by atoms with E-state index in [0.717, 1.165) is 13.1 Å². The number of hydrogen-bond donors (Lipinski definition) is 3. The average molecular weight is 175 g/mol. The lowest BCUT2D eigenvalue weighted by Crippen LogP contribution is -2.51. The van der Waals surface area contributed by atoms with Crippen molar-refractivity contribution in [2.45, 2.75) is 25.3 Å². The van der Waals surface area contributed by atoms with Crippen LogP contribution in [0.2, 0.25) is 19.6 Å². The molecule has 1 unspecified atom stereocenters. The van der Waals surface area contributed by atoms with Crippen LogP contribution >= 0.6 is 0 Å². The van der Waals surface area contributed by atoms with E-state index in [1.807, 2.05) is 0 Å². The van der Waals surface area contributed by atoms with Gasteiger partial charge in [0, 0.05) is 25.3 Å². The van der Waals surface area contributed by atoms with Crippen LogP contribution in [0.1, 0.15) is 0 Å². The zero-order valence-corrected chi connectivity index (χ0v) is 8.85. The Morgan fingerprint density at radius 3 is 2.27 bits per heavy atom. The van der Waals surface area contributed by atoms with Crippen molar-refractivity contribution in [2.75, 3.05) is 19.6 Å². The van der Waals surface area contributed by atoms with Gasteiger partial charge in [-0.1, -0.05) is 19.6 Å². The molecule has 0 bridgehead atoms. The Morgan fingerprint density at radius 2 is 1.91 bits per heavy atom. The Morgan fingerprint density at radius 1 is 1.36 bits per heavy atom. The van der Waals surface area contributed by atoms with Crippen LogP contribution in [0.25, 0.3) is 0 Å². The molecule has 0 aliphatic rings. The minimum atomic E-state index is -1.14. The van der Waals surface area contributed by atoms with Crippen molar-refractivity contribution in [3.05, 3.63) is 0 Å². The maximum atomic E-state index is 5.95.